The van der Waals surface area contributed by atoms with E-state index < -0.39 is 12.1 Å². The van der Waals surface area contributed by atoms with E-state index in [-0.39, 0.29) is 12.0 Å². The van der Waals surface area contributed by atoms with Gasteiger partial charge in [-0.3, -0.25) is 4.79 Å². The lowest BCUT2D eigenvalue weighted by molar-refractivity contribution is -0.149. The number of hydrogen-bond donors (Lipinski definition) is 2. The van der Waals surface area contributed by atoms with Crippen LogP contribution in [0.1, 0.15) is 19.3 Å². The lowest BCUT2D eigenvalue weighted by Crippen LogP contribution is -2.33. The molecule has 2 atom stereocenters. The highest BCUT2D eigenvalue weighted by molar-refractivity contribution is 5.76. The Kier molecular flexibility index (Phi) is 5.21. The van der Waals surface area contributed by atoms with Gasteiger partial charge in [0, 0.05) is 20.1 Å². The van der Waals surface area contributed by atoms with Gasteiger partial charge in [0.15, 0.2) is 6.10 Å². The Morgan fingerprint density at radius 1 is 1.50 bits per heavy atom. The van der Waals surface area contributed by atoms with E-state index in [0.717, 1.165) is 0 Å². The molecule has 1 amide bonds. The Morgan fingerprint density at radius 2 is 2.25 bits per heavy atom. The number of hydrogen-bond acceptors (Lipinski definition) is 4. The summed E-state index contributed by atoms with van der Waals surface area (Å²) in [6, 6.07) is 0. The molecule has 2 N–H and O–H groups in total. The Hall–Kier alpha value is -1.14. The second kappa shape index (κ2) is 6.44. The summed E-state index contributed by atoms with van der Waals surface area (Å²) in [5, 5.41) is 11.4. The second-order valence-corrected chi connectivity index (χ2v) is 3.71. The molecular formula is C10H17NO5. The molecule has 6 heteroatoms. The van der Waals surface area contributed by atoms with Gasteiger partial charge in [0.25, 0.3) is 0 Å². The number of rotatable bonds is 6. The maximum absolute atomic E-state index is 11.2. The van der Waals surface area contributed by atoms with Crippen molar-refractivity contribution in [2.75, 3.05) is 20.3 Å². The Bertz CT molecular complexity index is 256. The predicted molar refractivity (Wildman–Crippen MR) is 55.0 cm³/mol. The summed E-state index contributed by atoms with van der Waals surface area (Å²) in [6.07, 6.45) is 0.578. The first kappa shape index (κ1) is 12.9. The molecule has 1 heterocycles. The predicted octanol–water partition coefficient (Wildman–Crippen LogP) is -0.229. The van der Waals surface area contributed by atoms with E-state index in [2.05, 4.69) is 5.32 Å². The molecule has 0 spiro atoms. The highest BCUT2D eigenvalue weighted by atomic mass is 16.5. The zero-order valence-corrected chi connectivity index (χ0v) is 9.27. The van der Waals surface area contributed by atoms with E-state index in [1.807, 2.05) is 0 Å². The van der Waals surface area contributed by atoms with Crippen LogP contribution in [0.2, 0.25) is 0 Å². The maximum Gasteiger partial charge on any atom is 0.332 e. The summed E-state index contributed by atoms with van der Waals surface area (Å²) in [5.41, 5.74) is 0. The van der Waals surface area contributed by atoms with Gasteiger partial charge in [-0.25, -0.2) is 4.79 Å². The SMILES string of the molecule is COCCC(=O)NCC1CCC(C(=O)O)O1. The van der Waals surface area contributed by atoms with Crippen LogP contribution in [0.4, 0.5) is 0 Å². The average molecular weight is 231 g/mol. The Balaban J connectivity index is 2.15. The molecule has 0 aliphatic carbocycles. The van der Waals surface area contributed by atoms with Crippen LogP contribution in [0.15, 0.2) is 0 Å². The molecule has 0 aromatic rings. The van der Waals surface area contributed by atoms with E-state index in [4.69, 9.17) is 14.6 Å². The Morgan fingerprint density at radius 3 is 2.81 bits per heavy atom. The van der Waals surface area contributed by atoms with E-state index in [1.165, 1.54) is 7.11 Å². The first-order chi connectivity index (χ1) is 7.63. The second-order valence-electron chi connectivity index (χ2n) is 3.71. The number of nitrogens with one attached hydrogen (secondary N) is 1. The van der Waals surface area contributed by atoms with Gasteiger partial charge < -0.3 is 19.9 Å². The van der Waals surface area contributed by atoms with Crippen molar-refractivity contribution in [3.05, 3.63) is 0 Å². The van der Waals surface area contributed by atoms with Gasteiger partial charge in [0.1, 0.15) is 0 Å². The van der Waals surface area contributed by atoms with Crippen LogP contribution in [0.5, 0.6) is 0 Å². The number of ether oxygens (including phenoxy) is 2. The van der Waals surface area contributed by atoms with Gasteiger partial charge in [-0.15, -0.1) is 0 Å². The number of aliphatic carboxylic acids is 1. The molecule has 1 aliphatic heterocycles. The van der Waals surface area contributed by atoms with Gasteiger partial charge in [-0.2, -0.15) is 0 Å². The van der Waals surface area contributed by atoms with Crippen molar-refractivity contribution in [3.63, 3.8) is 0 Å². The van der Waals surface area contributed by atoms with Crippen molar-refractivity contribution in [1.29, 1.82) is 0 Å². The summed E-state index contributed by atoms with van der Waals surface area (Å²) in [4.78, 5) is 21.8. The molecule has 1 saturated heterocycles. The fourth-order valence-corrected chi connectivity index (χ4v) is 1.55. The fourth-order valence-electron chi connectivity index (χ4n) is 1.55. The standard InChI is InChI=1S/C10H17NO5/c1-15-5-4-9(12)11-6-7-2-3-8(16-7)10(13)14/h7-8H,2-6H2,1H3,(H,11,12)(H,13,14). The zero-order valence-electron chi connectivity index (χ0n) is 9.27. The molecule has 1 aliphatic rings. The molecule has 0 saturated carbocycles. The number of carboxylic acid groups (broad SMARTS) is 1. The lowest BCUT2D eigenvalue weighted by Gasteiger charge is -2.12. The summed E-state index contributed by atoms with van der Waals surface area (Å²) in [5.74, 6) is -1.04. The zero-order chi connectivity index (χ0) is 12.0. The molecule has 92 valence electrons. The van der Waals surface area contributed by atoms with Crippen LogP contribution in [-0.4, -0.2) is 49.5 Å². The lowest BCUT2D eigenvalue weighted by atomic mass is 10.2. The number of methoxy groups -OCH3 is 1. The summed E-state index contributed by atoms with van der Waals surface area (Å²) >= 11 is 0. The van der Waals surface area contributed by atoms with Gasteiger partial charge in [-0.1, -0.05) is 0 Å². The van der Waals surface area contributed by atoms with Crippen LogP contribution < -0.4 is 5.32 Å². The van der Waals surface area contributed by atoms with E-state index >= 15 is 0 Å². The first-order valence-corrected chi connectivity index (χ1v) is 5.27. The van der Waals surface area contributed by atoms with E-state index in [9.17, 15) is 9.59 Å². The molecule has 0 radical (unpaired) electrons. The molecule has 1 rings (SSSR count). The number of carbonyl (C=O) groups is 2. The third kappa shape index (κ3) is 4.16. The minimum absolute atomic E-state index is 0.107. The van der Waals surface area contributed by atoms with E-state index in [1.54, 1.807) is 0 Å². The maximum atomic E-state index is 11.2. The minimum Gasteiger partial charge on any atom is -0.479 e. The average Bonchev–Trinajstić information content (AvgIpc) is 2.72. The number of amides is 1. The van der Waals surface area contributed by atoms with Crippen molar-refractivity contribution in [1.82, 2.24) is 5.32 Å². The van der Waals surface area contributed by atoms with Crippen LogP contribution in [0, 0.1) is 0 Å². The molecular weight excluding hydrogens is 214 g/mol. The van der Waals surface area contributed by atoms with Crippen LogP contribution in [0.3, 0.4) is 0 Å². The molecule has 16 heavy (non-hydrogen) atoms. The smallest absolute Gasteiger partial charge is 0.332 e. The normalized spacial score (nSPS) is 24.3. The van der Waals surface area contributed by atoms with Gasteiger partial charge in [-0.05, 0) is 12.8 Å². The van der Waals surface area contributed by atoms with Crippen molar-refractivity contribution in [3.8, 4) is 0 Å². The highest BCUT2D eigenvalue weighted by Crippen LogP contribution is 2.19. The van der Waals surface area contributed by atoms with Crippen molar-refractivity contribution < 1.29 is 24.2 Å². The molecule has 1 fully saturated rings. The third-order valence-electron chi connectivity index (χ3n) is 2.44. The van der Waals surface area contributed by atoms with E-state index in [0.29, 0.717) is 32.4 Å². The molecule has 6 nitrogen and oxygen atoms in total. The highest BCUT2D eigenvalue weighted by Gasteiger charge is 2.30. The minimum atomic E-state index is -0.937. The molecule has 0 aromatic carbocycles. The third-order valence-corrected chi connectivity index (χ3v) is 2.44. The van der Waals surface area contributed by atoms with Gasteiger partial charge in [0.2, 0.25) is 5.91 Å². The topological polar surface area (TPSA) is 84.9 Å². The van der Waals surface area contributed by atoms with Crippen molar-refractivity contribution in [2.24, 2.45) is 0 Å². The molecule has 0 bridgehead atoms. The van der Waals surface area contributed by atoms with Crippen LogP contribution in [0.25, 0.3) is 0 Å². The van der Waals surface area contributed by atoms with Crippen LogP contribution in [-0.2, 0) is 19.1 Å². The largest absolute Gasteiger partial charge is 0.479 e. The number of carbonyl (C=O) groups excluding carboxylic acids is 1. The summed E-state index contributed by atoms with van der Waals surface area (Å²) in [7, 11) is 1.53. The molecule has 2 unspecified atom stereocenters. The van der Waals surface area contributed by atoms with Crippen LogP contribution >= 0.6 is 0 Å². The van der Waals surface area contributed by atoms with Gasteiger partial charge in [0.05, 0.1) is 12.7 Å². The first-order valence-electron chi connectivity index (χ1n) is 5.27. The van der Waals surface area contributed by atoms with Gasteiger partial charge >= 0.3 is 5.97 Å². The summed E-state index contributed by atoms with van der Waals surface area (Å²) in [6.45, 7) is 0.751. The Labute approximate surface area is 93.9 Å². The fraction of sp³-hybridized carbons (Fsp3) is 0.800. The monoisotopic (exact) mass is 231 g/mol. The quantitative estimate of drug-likeness (QED) is 0.659. The summed E-state index contributed by atoms with van der Waals surface area (Å²) < 4.78 is 10.00. The van der Waals surface area contributed by atoms with Crippen molar-refractivity contribution >= 4 is 11.9 Å². The number of carboxylic acids is 1. The van der Waals surface area contributed by atoms with Crippen molar-refractivity contribution in [2.45, 2.75) is 31.5 Å². The molecule has 0 aromatic heterocycles.